The number of nitrogens with one attached hydrogen (secondary N) is 2. The average Bonchev–Trinajstić information content (AvgIpc) is 2.70. The molecule has 0 aliphatic carbocycles. The fourth-order valence-corrected chi connectivity index (χ4v) is 2.33. The number of nitrogens with zero attached hydrogens (tertiary/aromatic N) is 3. The van der Waals surface area contributed by atoms with Gasteiger partial charge >= 0.3 is 6.03 Å². The number of hydrogen-bond acceptors (Lipinski definition) is 5. The second kappa shape index (κ2) is 10.2. The lowest BCUT2D eigenvalue weighted by Gasteiger charge is -2.22. The van der Waals surface area contributed by atoms with Crippen LogP contribution >= 0.6 is 0 Å². The smallest absolute Gasteiger partial charge is 0.321 e. The van der Waals surface area contributed by atoms with Gasteiger partial charge in [0.1, 0.15) is 0 Å². The van der Waals surface area contributed by atoms with E-state index in [1.165, 1.54) is 0 Å². The second-order valence-corrected chi connectivity index (χ2v) is 6.00. The van der Waals surface area contributed by atoms with Crippen molar-refractivity contribution < 1.29 is 14.4 Å². The summed E-state index contributed by atoms with van der Waals surface area (Å²) in [6, 6.07) is -0.440. The van der Waals surface area contributed by atoms with E-state index in [9.17, 15) is 14.4 Å². The topological polar surface area (TPSA) is 85.0 Å². The molecular weight excluding hydrogens is 298 g/mol. The van der Waals surface area contributed by atoms with Crippen LogP contribution < -0.4 is 10.6 Å². The van der Waals surface area contributed by atoms with Crippen molar-refractivity contribution in [2.24, 2.45) is 0 Å². The molecule has 0 aromatic heterocycles. The van der Waals surface area contributed by atoms with E-state index in [1.807, 2.05) is 11.8 Å². The van der Waals surface area contributed by atoms with Crippen LogP contribution in [-0.2, 0) is 9.59 Å². The molecule has 0 spiro atoms. The van der Waals surface area contributed by atoms with Crippen LogP contribution in [0.15, 0.2) is 0 Å². The van der Waals surface area contributed by atoms with E-state index in [0.717, 1.165) is 32.5 Å². The van der Waals surface area contributed by atoms with Crippen LogP contribution in [0, 0.1) is 0 Å². The van der Waals surface area contributed by atoms with Crippen LogP contribution in [0.2, 0.25) is 0 Å². The number of imide groups is 1. The van der Waals surface area contributed by atoms with Crippen LogP contribution in [0.3, 0.4) is 0 Å². The molecule has 8 nitrogen and oxygen atoms in total. The average molecular weight is 327 g/mol. The Labute approximate surface area is 138 Å². The summed E-state index contributed by atoms with van der Waals surface area (Å²) < 4.78 is 0. The van der Waals surface area contributed by atoms with Crippen molar-refractivity contribution in [3.8, 4) is 0 Å². The van der Waals surface area contributed by atoms with Crippen molar-refractivity contribution in [1.29, 1.82) is 0 Å². The third-order valence-electron chi connectivity index (χ3n) is 3.69. The summed E-state index contributed by atoms with van der Waals surface area (Å²) in [6.07, 6.45) is 1.73. The zero-order chi connectivity index (χ0) is 17.2. The summed E-state index contributed by atoms with van der Waals surface area (Å²) in [4.78, 5) is 40.8. The second-order valence-electron chi connectivity index (χ2n) is 6.00. The number of urea groups is 1. The van der Waals surface area contributed by atoms with E-state index in [-0.39, 0.29) is 18.4 Å². The Hall–Kier alpha value is -1.67. The van der Waals surface area contributed by atoms with Gasteiger partial charge in [0.05, 0.1) is 13.1 Å². The van der Waals surface area contributed by atoms with Crippen molar-refractivity contribution >= 4 is 17.8 Å². The molecular formula is C15H29N5O3. The van der Waals surface area contributed by atoms with Gasteiger partial charge in [-0.25, -0.2) is 4.79 Å². The van der Waals surface area contributed by atoms with Gasteiger partial charge in [0, 0.05) is 33.7 Å². The molecule has 2 N–H and O–H groups in total. The lowest BCUT2D eigenvalue weighted by Crippen LogP contribution is -2.45. The van der Waals surface area contributed by atoms with Crippen LogP contribution in [-0.4, -0.2) is 92.5 Å². The number of likely N-dealkylation sites (N-methyl/N-ethyl adjacent to an activating group) is 1. The highest BCUT2D eigenvalue weighted by atomic mass is 16.2. The Morgan fingerprint density at radius 2 is 1.61 bits per heavy atom. The predicted octanol–water partition coefficient (Wildman–Crippen LogP) is -0.682. The number of hydrogen-bond donors (Lipinski definition) is 2. The van der Waals surface area contributed by atoms with Crippen molar-refractivity contribution in [2.75, 3.05) is 59.9 Å². The van der Waals surface area contributed by atoms with E-state index in [4.69, 9.17) is 0 Å². The Morgan fingerprint density at radius 1 is 1.00 bits per heavy atom. The Balaban J connectivity index is 2.32. The van der Waals surface area contributed by atoms with Gasteiger partial charge in [-0.05, 0) is 25.9 Å². The molecule has 1 aliphatic heterocycles. The van der Waals surface area contributed by atoms with Gasteiger partial charge in [0.2, 0.25) is 11.8 Å². The minimum Gasteiger partial charge on any atom is -0.348 e. The highest BCUT2D eigenvalue weighted by Crippen LogP contribution is 2.03. The number of amides is 4. The molecule has 0 atom stereocenters. The zero-order valence-electron chi connectivity index (χ0n) is 14.4. The standard InChI is InChI=1S/C15H29N5O3/c1-4-6-16-15(23)17-13(21)11-19-7-5-8-20(10-9-19)12-14(22)18(2)3/h4-12H2,1-3H3,(H2,16,17,21,23). The van der Waals surface area contributed by atoms with Gasteiger partial charge in [-0.3, -0.25) is 24.7 Å². The zero-order valence-corrected chi connectivity index (χ0v) is 14.4. The number of rotatable bonds is 6. The third kappa shape index (κ3) is 7.94. The number of carbonyl (C=O) groups excluding carboxylic acids is 3. The fraction of sp³-hybridized carbons (Fsp3) is 0.800. The van der Waals surface area contributed by atoms with Crippen molar-refractivity contribution in [1.82, 2.24) is 25.3 Å². The molecule has 0 aromatic carbocycles. The Bertz CT molecular complexity index is 414. The number of carbonyl (C=O) groups is 3. The SMILES string of the molecule is CCCNC(=O)NC(=O)CN1CCCN(CC(=O)N(C)C)CC1. The molecule has 132 valence electrons. The largest absolute Gasteiger partial charge is 0.348 e. The first-order valence-electron chi connectivity index (χ1n) is 8.15. The maximum atomic E-state index is 11.9. The normalized spacial score (nSPS) is 16.5. The highest BCUT2D eigenvalue weighted by Gasteiger charge is 2.19. The summed E-state index contributed by atoms with van der Waals surface area (Å²) >= 11 is 0. The minimum atomic E-state index is -0.440. The van der Waals surface area contributed by atoms with Crippen LogP contribution in [0.5, 0.6) is 0 Å². The fourth-order valence-electron chi connectivity index (χ4n) is 2.33. The van der Waals surface area contributed by atoms with E-state index < -0.39 is 6.03 Å². The van der Waals surface area contributed by atoms with Gasteiger partial charge in [-0.1, -0.05) is 6.92 Å². The molecule has 8 heteroatoms. The van der Waals surface area contributed by atoms with Crippen molar-refractivity contribution in [3.63, 3.8) is 0 Å². The summed E-state index contributed by atoms with van der Waals surface area (Å²) in [5, 5.41) is 4.95. The maximum absolute atomic E-state index is 11.9. The monoisotopic (exact) mass is 327 g/mol. The quantitative estimate of drug-likeness (QED) is 0.675. The molecule has 0 radical (unpaired) electrons. The molecule has 1 aliphatic rings. The molecule has 1 fully saturated rings. The van der Waals surface area contributed by atoms with Crippen molar-refractivity contribution in [3.05, 3.63) is 0 Å². The first kappa shape index (κ1) is 19.4. The Morgan fingerprint density at radius 3 is 2.17 bits per heavy atom. The Kier molecular flexibility index (Phi) is 8.57. The third-order valence-corrected chi connectivity index (χ3v) is 3.69. The van der Waals surface area contributed by atoms with Crippen LogP contribution in [0.1, 0.15) is 19.8 Å². The first-order valence-corrected chi connectivity index (χ1v) is 8.15. The lowest BCUT2D eigenvalue weighted by molar-refractivity contribution is -0.130. The molecule has 23 heavy (non-hydrogen) atoms. The molecule has 4 amide bonds. The molecule has 1 rings (SSSR count). The summed E-state index contributed by atoms with van der Waals surface area (Å²) in [5.41, 5.74) is 0. The van der Waals surface area contributed by atoms with E-state index in [0.29, 0.717) is 19.6 Å². The van der Waals surface area contributed by atoms with Crippen LogP contribution in [0.4, 0.5) is 4.79 Å². The molecule has 0 saturated carbocycles. The highest BCUT2D eigenvalue weighted by molar-refractivity contribution is 5.95. The summed E-state index contributed by atoms with van der Waals surface area (Å²) in [6.45, 7) is 6.20. The van der Waals surface area contributed by atoms with Gasteiger partial charge in [0.15, 0.2) is 0 Å². The molecule has 0 aromatic rings. The van der Waals surface area contributed by atoms with E-state index in [2.05, 4.69) is 15.5 Å². The molecule has 0 unspecified atom stereocenters. The lowest BCUT2D eigenvalue weighted by atomic mass is 10.3. The summed E-state index contributed by atoms with van der Waals surface area (Å²) in [7, 11) is 3.50. The van der Waals surface area contributed by atoms with Gasteiger partial charge in [-0.2, -0.15) is 0 Å². The molecule has 0 bridgehead atoms. The van der Waals surface area contributed by atoms with E-state index in [1.54, 1.807) is 19.0 Å². The predicted molar refractivity (Wildman–Crippen MR) is 88.0 cm³/mol. The van der Waals surface area contributed by atoms with Gasteiger partial charge in [0.25, 0.3) is 0 Å². The van der Waals surface area contributed by atoms with Gasteiger partial charge < -0.3 is 10.2 Å². The van der Waals surface area contributed by atoms with E-state index >= 15 is 0 Å². The summed E-state index contributed by atoms with van der Waals surface area (Å²) in [5.74, 6) is -0.208. The van der Waals surface area contributed by atoms with Crippen molar-refractivity contribution in [2.45, 2.75) is 19.8 Å². The minimum absolute atomic E-state index is 0.0868. The maximum Gasteiger partial charge on any atom is 0.321 e. The first-order chi connectivity index (χ1) is 10.9. The molecule has 1 heterocycles. The van der Waals surface area contributed by atoms with Gasteiger partial charge in [-0.15, -0.1) is 0 Å². The van der Waals surface area contributed by atoms with Crippen LogP contribution in [0.25, 0.3) is 0 Å². The molecule has 1 saturated heterocycles.